The lowest BCUT2D eigenvalue weighted by Crippen LogP contribution is -2.20. The summed E-state index contributed by atoms with van der Waals surface area (Å²) in [5, 5.41) is 7.79. The summed E-state index contributed by atoms with van der Waals surface area (Å²) in [5.41, 5.74) is 0. The molecule has 1 aromatic heterocycles. The van der Waals surface area contributed by atoms with Gasteiger partial charge in [-0.15, -0.1) is 0 Å². The molecule has 0 saturated heterocycles. The van der Waals surface area contributed by atoms with Gasteiger partial charge in [0, 0.05) is 20.1 Å². The molecule has 12 heteroatoms. The Bertz CT molecular complexity index is 522. The molecule has 0 bridgehead atoms. The zero-order valence-corrected chi connectivity index (χ0v) is 14.5. The molecule has 4 N–H and O–H groups in total. The molecular weight excluding hydrogens is 328 g/mol. The Kier molecular flexibility index (Phi) is 10.0. The second kappa shape index (κ2) is 10.9. The van der Waals surface area contributed by atoms with E-state index in [4.69, 9.17) is 22.4 Å². The molecule has 0 saturated carbocycles. The van der Waals surface area contributed by atoms with E-state index in [9.17, 15) is 0 Å². The third-order valence-electron chi connectivity index (χ3n) is 2.25. The summed E-state index contributed by atoms with van der Waals surface area (Å²) in [4.78, 5) is 17.9. The maximum atomic E-state index is 8.74. The fourth-order valence-electron chi connectivity index (χ4n) is 1.22. The average Bonchev–Trinajstić information content (AvgIpc) is 2.48. The van der Waals surface area contributed by atoms with Crippen molar-refractivity contribution in [3.8, 4) is 0 Å². The van der Waals surface area contributed by atoms with Crippen LogP contribution in [0.3, 0.4) is 0 Å². The molecule has 0 fully saturated rings. The SMILES string of the molecule is CCCNc1nc(NCCC)nc(N(C)OC)n1.O=S(=O)(O)O. The summed E-state index contributed by atoms with van der Waals surface area (Å²) in [6, 6.07) is 0. The van der Waals surface area contributed by atoms with Gasteiger partial charge in [0.2, 0.25) is 11.9 Å². The van der Waals surface area contributed by atoms with Crippen LogP contribution in [-0.2, 0) is 15.2 Å². The Morgan fingerprint density at radius 2 is 1.43 bits per heavy atom. The minimum absolute atomic E-state index is 0.477. The van der Waals surface area contributed by atoms with Gasteiger partial charge in [-0.2, -0.15) is 23.4 Å². The molecule has 1 aromatic rings. The van der Waals surface area contributed by atoms with Crippen molar-refractivity contribution in [2.75, 3.05) is 42.9 Å². The van der Waals surface area contributed by atoms with Crippen LogP contribution in [0.15, 0.2) is 0 Å². The van der Waals surface area contributed by atoms with Crippen molar-refractivity contribution in [3.63, 3.8) is 0 Å². The molecule has 0 spiro atoms. The van der Waals surface area contributed by atoms with Crippen molar-refractivity contribution in [2.45, 2.75) is 26.7 Å². The van der Waals surface area contributed by atoms with Crippen molar-refractivity contribution in [1.29, 1.82) is 0 Å². The van der Waals surface area contributed by atoms with Crippen LogP contribution in [0, 0.1) is 0 Å². The molecule has 0 aliphatic heterocycles. The van der Waals surface area contributed by atoms with E-state index < -0.39 is 10.4 Å². The normalized spacial score (nSPS) is 10.5. The quantitative estimate of drug-likeness (QED) is 0.389. The van der Waals surface area contributed by atoms with Crippen molar-refractivity contribution in [2.24, 2.45) is 0 Å². The highest BCUT2D eigenvalue weighted by Crippen LogP contribution is 2.12. The summed E-state index contributed by atoms with van der Waals surface area (Å²) < 4.78 is 31.6. The molecule has 0 amide bonds. The van der Waals surface area contributed by atoms with E-state index >= 15 is 0 Å². The van der Waals surface area contributed by atoms with Crippen LogP contribution in [0.5, 0.6) is 0 Å². The van der Waals surface area contributed by atoms with Crippen LogP contribution in [0.4, 0.5) is 17.8 Å². The van der Waals surface area contributed by atoms with Gasteiger partial charge in [-0.3, -0.25) is 13.9 Å². The summed E-state index contributed by atoms with van der Waals surface area (Å²) >= 11 is 0. The number of rotatable bonds is 8. The minimum atomic E-state index is -4.67. The minimum Gasteiger partial charge on any atom is -0.354 e. The van der Waals surface area contributed by atoms with E-state index in [1.54, 1.807) is 14.2 Å². The Balaban J connectivity index is 0.000000841. The molecule has 0 radical (unpaired) electrons. The van der Waals surface area contributed by atoms with Crippen molar-refractivity contribution >= 4 is 28.2 Å². The van der Waals surface area contributed by atoms with Gasteiger partial charge in [0.25, 0.3) is 5.95 Å². The third-order valence-corrected chi connectivity index (χ3v) is 2.25. The highest BCUT2D eigenvalue weighted by molar-refractivity contribution is 7.79. The van der Waals surface area contributed by atoms with Crippen molar-refractivity contribution < 1.29 is 22.4 Å². The summed E-state index contributed by atoms with van der Waals surface area (Å²) in [5.74, 6) is 1.60. The number of hydrogen-bond acceptors (Lipinski definition) is 9. The fraction of sp³-hybridized carbons (Fsp3) is 0.727. The Hall–Kier alpha value is -1.76. The maximum absolute atomic E-state index is 8.74. The van der Waals surface area contributed by atoms with Gasteiger partial charge in [0.1, 0.15) is 0 Å². The molecule has 1 heterocycles. The lowest BCUT2D eigenvalue weighted by molar-refractivity contribution is 0.180. The van der Waals surface area contributed by atoms with Crippen LogP contribution in [-0.4, -0.2) is 59.7 Å². The van der Waals surface area contributed by atoms with Crippen LogP contribution in [0.2, 0.25) is 0 Å². The van der Waals surface area contributed by atoms with Gasteiger partial charge in [0.05, 0.1) is 7.11 Å². The highest BCUT2D eigenvalue weighted by atomic mass is 32.3. The maximum Gasteiger partial charge on any atom is 0.394 e. The fourth-order valence-corrected chi connectivity index (χ4v) is 1.22. The van der Waals surface area contributed by atoms with Crippen LogP contribution >= 0.6 is 0 Å². The first kappa shape index (κ1) is 21.2. The monoisotopic (exact) mass is 352 g/mol. The zero-order chi connectivity index (χ0) is 17.9. The molecular formula is C11H24N6O5S. The predicted octanol–water partition coefficient (Wildman–Crippen LogP) is 0.860. The second-order valence-electron chi connectivity index (χ2n) is 4.26. The lowest BCUT2D eigenvalue weighted by atomic mass is 10.5. The second-order valence-corrected chi connectivity index (χ2v) is 5.16. The molecule has 134 valence electrons. The van der Waals surface area contributed by atoms with Crippen LogP contribution in [0.1, 0.15) is 26.7 Å². The predicted molar refractivity (Wildman–Crippen MR) is 87.0 cm³/mol. The number of nitrogens with one attached hydrogen (secondary N) is 2. The number of anilines is 3. The number of nitrogens with zero attached hydrogens (tertiary/aromatic N) is 4. The molecule has 1 rings (SSSR count). The Morgan fingerprint density at radius 1 is 1.04 bits per heavy atom. The first-order valence-electron chi connectivity index (χ1n) is 6.92. The Morgan fingerprint density at radius 3 is 1.74 bits per heavy atom. The van der Waals surface area contributed by atoms with Gasteiger partial charge in [-0.05, 0) is 12.8 Å². The van der Waals surface area contributed by atoms with E-state index in [0.717, 1.165) is 25.9 Å². The summed E-state index contributed by atoms with van der Waals surface area (Å²) in [6.45, 7) is 5.83. The van der Waals surface area contributed by atoms with Gasteiger partial charge < -0.3 is 10.6 Å². The zero-order valence-electron chi connectivity index (χ0n) is 13.6. The van der Waals surface area contributed by atoms with Crippen LogP contribution in [0.25, 0.3) is 0 Å². The topological polar surface area (TPSA) is 150 Å². The summed E-state index contributed by atoms with van der Waals surface area (Å²) in [6.07, 6.45) is 2.03. The molecule has 0 aliphatic rings. The molecule has 0 aromatic carbocycles. The standard InChI is InChI=1S/C11H22N6O.H2O4S/c1-5-7-12-9-14-10(13-8-6-2)16-11(15-9)17(3)18-4;1-5(2,3)4/h5-8H2,1-4H3,(H2,12,13,14,15,16);(H2,1,2,3,4). The third kappa shape index (κ3) is 11.5. The number of hydroxylamine groups is 1. The van der Waals surface area contributed by atoms with Crippen molar-refractivity contribution in [3.05, 3.63) is 0 Å². The van der Waals surface area contributed by atoms with Crippen molar-refractivity contribution in [1.82, 2.24) is 15.0 Å². The summed E-state index contributed by atoms with van der Waals surface area (Å²) in [7, 11) is -1.34. The largest absolute Gasteiger partial charge is 0.394 e. The Labute approximate surface area is 136 Å². The molecule has 23 heavy (non-hydrogen) atoms. The van der Waals surface area contributed by atoms with Gasteiger partial charge in [-0.25, -0.2) is 5.06 Å². The van der Waals surface area contributed by atoms with E-state index in [0.29, 0.717) is 17.8 Å². The molecule has 11 nitrogen and oxygen atoms in total. The van der Waals surface area contributed by atoms with Gasteiger partial charge in [0.15, 0.2) is 0 Å². The molecule has 0 aliphatic carbocycles. The number of aromatic nitrogens is 3. The molecule has 0 unspecified atom stereocenters. The highest BCUT2D eigenvalue weighted by Gasteiger charge is 2.09. The van der Waals surface area contributed by atoms with E-state index in [1.807, 2.05) is 0 Å². The van der Waals surface area contributed by atoms with E-state index in [2.05, 4.69) is 39.4 Å². The average molecular weight is 352 g/mol. The van der Waals surface area contributed by atoms with E-state index in [-0.39, 0.29) is 0 Å². The number of hydrogen-bond donors (Lipinski definition) is 4. The molecule has 0 atom stereocenters. The first-order chi connectivity index (χ1) is 10.7. The van der Waals surface area contributed by atoms with Gasteiger partial charge in [-0.1, -0.05) is 13.8 Å². The van der Waals surface area contributed by atoms with Crippen LogP contribution < -0.4 is 15.7 Å². The van der Waals surface area contributed by atoms with E-state index in [1.165, 1.54) is 5.06 Å². The smallest absolute Gasteiger partial charge is 0.354 e. The lowest BCUT2D eigenvalue weighted by Gasteiger charge is -2.15. The first-order valence-corrected chi connectivity index (χ1v) is 8.32. The van der Waals surface area contributed by atoms with Gasteiger partial charge >= 0.3 is 10.4 Å².